The van der Waals surface area contributed by atoms with E-state index in [4.69, 9.17) is 16.3 Å². The first-order valence-corrected chi connectivity index (χ1v) is 11.5. The summed E-state index contributed by atoms with van der Waals surface area (Å²) < 4.78 is 6.75. The Morgan fingerprint density at radius 3 is 2.60 bits per heavy atom. The second-order valence-electron chi connectivity index (χ2n) is 8.26. The highest BCUT2D eigenvalue weighted by atomic mass is 35.5. The summed E-state index contributed by atoms with van der Waals surface area (Å²) in [4.78, 5) is 35.9. The molecule has 3 amide bonds. The maximum Gasteiger partial charge on any atom is 0.319 e. The molecule has 4 rings (SSSR count). The van der Waals surface area contributed by atoms with Crippen molar-refractivity contribution in [2.45, 2.75) is 18.4 Å². The third-order valence-corrected chi connectivity index (χ3v) is 5.96. The van der Waals surface area contributed by atoms with Crippen molar-refractivity contribution in [3.63, 3.8) is 0 Å². The van der Waals surface area contributed by atoms with E-state index < -0.39 is 0 Å². The van der Waals surface area contributed by atoms with E-state index in [-0.39, 0.29) is 36.4 Å². The minimum Gasteiger partial charge on any atom is -0.495 e. The Labute approximate surface area is 207 Å². The van der Waals surface area contributed by atoms with Gasteiger partial charge in [0.1, 0.15) is 12.1 Å². The first-order chi connectivity index (χ1) is 16.9. The summed E-state index contributed by atoms with van der Waals surface area (Å²) in [5, 5.41) is 13.3. The topological polar surface area (TPSA) is 126 Å². The number of amides is 3. The maximum absolute atomic E-state index is 12.7. The lowest BCUT2D eigenvalue weighted by Crippen LogP contribution is -2.52. The smallest absolute Gasteiger partial charge is 0.319 e. The molecule has 2 unspecified atom stereocenters. The fourth-order valence-electron chi connectivity index (χ4n) is 4.00. The van der Waals surface area contributed by atoms with E-state index in [1.165, 1.54) is 11.0 Å². The number of rotatable bonds is 7. The van der Waals surface area contributed by atoms with Crippen LogP contribution in [0.1, 0.15) is 18.0 Å². The number of methoxy groups -OCH3 is 1. The summed E-state index contributed by atoms with van der Waals surface area (Å²) in [5.74, 6) is 0.575. The number of ether oxygens (including phenoxy) is 1. The van der Waals surface area contributed by atoms with Crippen LogP contribution >= 0.6 is 11.6 Å². The number of carbonyl (C=O) groups excluding carboxylic acids is 2. The number of likely N-dealkylation sites (tertiary alicyclic amines) is 1. The van der Waals surface area contributed by atoms with Gasteiger partial charge in [0.2, 0.25) is 11.9 Å². The predicted molar refractivity (Wildman–Crippen MR) is 132 cm³/mol. The monoisotopic (exact) mass is 498 g/mol. The van der Waals surface area contributed by atoms with Gasteiger partial charge in [-0.25, -0.2) is 9.78 Å². The van der Waals surface area contributed by atoms with Crippen molar-refractivity contribution in [1.82, 2.24) is 30.0 Å². The summed E-state index contributed by atoms with van der Waals surface area (Å²) >= 11 is 5.92. The van der Waals surface area contributed by atoms with Gasteiger partial charge in [-0.05, 0) is 42.8 Å². The van der Waals surface area contributed by atoms with Crippen LogP contribution in [-0.4, -0.2) is 69.4 Å². The van der Waals surface area contributed by atoms with Crippen LogP contribution in [0.2, 0.25) is 5.02 Å². The fraction of sp³-hybridized carbons (Fsp3) is 0.348. The Morgan fingerprint density at radius 2 is 1.94 bits per heavy atom. The number of halogens is 1. The maximum atomic E-state index is 12.7. The van der Waals surface area contributed by atoms with E-state index in [0.717, 1.165) is 5.69 Å². The molecular weight excluding hydrogens is 472 g/mol. The lowest BCUT2D eigenvalue weighted by atomic mass is 9.88. The number of aryl methyl sites for hydroxylation is 1. The summed E-state index contributed by atoms with van der Waals surface area (Å²) in [5.41, 5.74) is 1.45. The first kappa shape index (κ1) is 24.4. The van der Waals surface area contributed by atoms with Crippen LogP contribution in [0.5, 0.6) is 5.75 Å². The molecule has 11 nitrogen and oxygen atoms in total. The van der Waals surface area contributed by atoms with Crippen molar-refractivity contribution in [3.8, 4) is 5.75 Å². The summed E-state index contributed by atoms with van der Waals surface area (Å²) in [6.07, 6.45) is 3.81. The molecule has 0 saturated carbocycles. The number of anilines is 2. The summed E-state index contributed by atoms with van der Waals surface area (Å²) in [6.45, 7) is 1.34. The minimum atomic E-state index is -0.316. The van der Waals surface area contributed by atoms with E-state index in [0.29, 0.717) is 36.0 Å². The first-order valence-electron chi connectivity index (χ1n) is 11.1. The third kappa shape index (κ3) is 6.67. The number of piperidine rings is 1. The fourth-order valence-corrected chi connectivity index (χ4v) is 4.13. The number of hydrogen-bond donors (Lipinski definition) is 3. The van der Waals surface area contributed by atoms with Crippen molar-refractivity contribution in [1.29, 1.82) is 0 Å². The highest BCUT2D eigenvalue weighted by Crippen LogP contribution is 2.27. The normalized spacial score (nSPS) is 18.0. The summed E-state index contributed by atoms with van der Waals surface area (Å²) in [6, 6.07) is 10.1. The van der Waals surface area contributed by atoms with Gasteiger partial charge in [-0.2, -0.15) is 0 Å². The zero-order valence-corrected chi connectivity index (χ0v) is 20.2. The van der Waals surface area contributed by atoms with Crippen molar-refractivity contribution >= 4 is 35.2 Å². The van der Waals surface area contributed by atoms with Crippen LogP contribution in [0, 0.1) is 0 Å². The quantitative estimate of drug-likeness (QED) is 0.456. The second kappa shape index (κ2) is 11.2. The van der Waals surface area contributed by atoms with Crippen molar-refractivity contribution in [3.05, 3.63) is 59.6 Å². The van der Waals surface area contributed by atoms with Crippen molar-refractivity contribution < 1.29 is 14.3 Å². The third-order valence-electron chi connectivity index (χ3n) is 5.71. The molecule has 35 heavy (non-hydrogen) atoms. The van der Waals surface area contributed by atoms with Crippen LogP contribution in [0.25, 0.3) is 0 Å². The van der Waals surface area contributed by atoms with Crippen LogP contribution in [-0.2, 0) is 11.8 Å². The number of nitrogens with zero attached hydrogens (tertiary/aromatic N) is 5. The predicted octanol–water partition coefficient (Wildman–Crippen LogP) is 2.49. The number of carbonyl (C=O) groups is 2. The zero-order valence-electron chi connectivity index (χ0n) is 19.4. The van der Waals surface area contributed by atoms with Gasteiger partial charge in [0.25, 0.3) is 0 Å². The Bertz CT molecular complexity index is 1150. The van der Waals surface area contributed by atoms with Crippen molar-refractivity contribution in [2.75, 3.05) is 37.4 Å². The molecule has 1 aromatic carbocycles. The Morgan fingerprint density at radius 1 is 1.14 bits per heavy atom. The number of nitrogens with one attached hydrogen (secondary N) is 3. The van der Waals surface area contributed by atoms with E-state index >= 15 is 0 Å². The Balaban J connectivity index is 1.43. The van der Waals surface area contributed by atoms with Gasteiger partial charge in [0.05, 0.1) is 19.9 Å². The molecule has 1 aliphatic heterocycles. The van der Waals surface area contributed by atoms with E-state index in [1.807, 2.05) is 17.0 Å². The summed E-state index contributed by atoms with van der Waals surface area (Å²) in [7, 11) is 3.32. The van der Waals surface area contributed by atoms with E-state index in [2.05, 4.69) is 31.0 Å². The molecule has 0 radical (unpaired) electrons. The molecule has 2 atom stereocenters. The molecule has 12 heteroatoms. The number of hydrogen-bond acceptors (Lipinski definition) is 7. The highest BCUT2D eigenvalue weighted by molar-refractivity contribution is 6.30. The average Bonchev–Trinajstić information content (AvgIpc) is 3.25. The van der Waals surface area contributed by atoms with Gasteiger partial charge in [-0.3, -0.25) is 24.7 Å². The molecule has 184 valence electrons. The molecule has 1 fully saturated rings. The average molecular weight is 499 g/mol. The molecule has 2 aromatic heterocycles. The van der Waals surface area contributed by atoms with Gasteiger partial charge >= 0.3 is 6.03 Å². The van der Waals surface area contributed by atoms with Gasteiger partial charge in [-0.15, -0.1) is 5.10 Å². The standard InChI is InChI=1S/C23H27ClN8O3/c1-31-14-26-22(30-31)29-21(33)13-32-10-9-20(18(12-32)19-8-7-17(35-2)11-25-19)28-23(34)27-16-5-3-15(24)4-6-16/h3-8,11,14,18,20H,9-10,12-13H2,1-2H3,(H2,27,28,34)(H,29,30,33). The van der Waals surface area contributed by atoms with E-state index in [9.17, 15) is 9.59 Å². The molecule has 3 N–H and O–H groups in total. The number of pyridine rings is 1. The lowest BCUT2D eigenvalue weighted by molar-refractivity contribution is -0.117. The van der Waals surface area contributed by atoms with Crippen LogP contribution in [0.4, 0.5) is 16.4 Å². The lowest BCUT2D eigenvalue weighted by Gasteiger charge is -2.38. The molecule has 1 saturated heterocycles. The van der Waals surface area contributed by atoms with Crippen molar-refractivity contribution in [2.24, 2.45) is 7.05 Å². The SMILES string of the molecule is COc1ccc(C2CN(CC(=O)Nc3ncn(C)n3)CCC2NC(=O)Nc2ccc(Cl)cc2)nc1. The van der Waals surface area contributed by atoms with Gasteiger partial charge < -0.3 is 15.4 Å². The Kier molecular flexibility index (Phi) is 7.78. The number of benzene rings is 1. The molecule has 0 aliphatic carbocycles. The van der Waals surface area contributed by atoms with Gasteiger partial charge in [0.15, 0.2) is 0 Å². The largest absolute Gasteiger partial charge is 0.495 e. The van der Waals surface area contributed by atoms with E-state index in [1.54, 1.807) is 44.6 Å². The second-order valence-corrected chi connectivity index (χ2v) is 8.69. The Hall–Kier alpha value is -3.70. The van der Waals surface area contributed by atoms with Gasteiger partial charge in [0, 0.05) is 48.5 Å². The number of urea groups is 1. The van der Waals surface area contributed by atoms with Crippen LogP contribution in [0.3, 0.4) is 0 Å². The van der Waals surface area contributed by atoms with Gasteiger partial charge in [-0.1, -0.05) is 11.6 Å². The zero-order chi connectivity index (χ0) is 24.8. The molecule has 3 heterocycles. The van der Waals surface area contributed by atoms with Crippen LogP contribution < -0.4 is 20.7 Å². The van der Waals surface area contributed by atoms with Crippen LogP contribution in [0.15, 0.2) is 48.9 Å². The highest BCUT2D eigenvalue weighted by Gasteiger charge is 2.33. The minimum absolute atomic E-state index is 0.133. The molecular formula is C23H27ClN8O3. The molecule has 0 spiro atoms. The molecule has 3 aromatic rings. The molecule has 0 bridgehead atoms. The number of aromatic nitrogens is 4. The molecule has 1 aliphatic rings.